The average molecular weight is 444 g/mol. The molecule has 1 saturated heterocycles. The molecule has 172 valence electrons. The standard InChI is InChI=1S/C27H33N5O/c1-21-9-6-10-22(19-21)25-14-15-26(30-29-25)32-18-7-11-23(20-32)27(33)28-16-8-17-31(2)24-12-4-3-5-13-24/h3-6,9-10,12-15,19,23H,7-8,11,16-18,20H2,1-2H3,(H,28,33)/t23-/m0/s1. The normalized spacial score (nSPS) is 15.8. The maximum absolute atomic E-state index is 12.8. The van der Waals surface area contributed by atoms with Crippen molar-refractivity contribution in [3.05, 3.63) is 72.3 Å². The van der Waals surface area contributed by atoms with Crippen molar-refractivity contribution in [1.82, 2.24) is 15.5 Å². The number of nitrogens with one attached hydrogen (secondary N) is 1. The molecular weight excluding hydrogens is 410 g/mol. The van der Waals surface area contributed by atoms with Gasteiger partial charge in [0.1, 0.15) is 0 Å². The summed E-state index contributed by atoms with van der Waals surface area (Å²) in [6, 6.07) is 22.6. The van der Waals surface area contributed by atoms with Gasteiger partial charge in [0.05, 0.1) is 11.6 Å². The molecule has 33 heavy (non-hydrogen) atoms. The van der Waals surface area contributed by atoms with Crippen molar-refractivity contribution in [2.45, 2.75) is 26.2 Å². The van der Waals surface area contributed by atoms with Crippen molar-refractivity contribution < 1.29 is 4.79 Å². The zero-order valence-electron chi connectivity index (χ0n) is 19.6. The zero-order valence-corrected chi connectivity index (χ0v) is 19.6. The number of carbonyl (C=O) groups is 1. The number of rotatable bonds is 8. The molecule has 3 aromatic rings. The lowest BCUT2D eigenvalue weighted by molar-refractivity contribution is -0.125. The summed E-state index contributed by atoms with van der Waals surface area (Å²) in [4.78, 5) is 17.2. The highest BCUT2D eigenvalue weighted by molar-refractivity contribution is 5.79. The summed E-state index contributed by atoms with van der Waals surface area (Å²) in [6.45, 7) is 5.27. The van der Waals surface area contributed by atoms with Crippen LogP contribution in [0.1, 0.15) is 24.8 Å². The third-order valence-electron chi connectivity index (χ3n) is 6.25. The lowest BCUT2D eigenvalue weighted by atomic mass is 9.97. The van der Waals surface area contributed by atoms with Crippen molar-refractivity contribution in [2.75, 3.05) is 43.0 Å². The highest BCUT2D eigenvalue weighted by Crippen LogP contribution is 2.24. The molecule has 6 heteroatoms. The number of nitrogens with zero attached hydrogens (tertiary/aromatic N) is 4. The Balaban J connectivity index is 1.26. The van der Waals surface area contributed by atoms with E-state index in [4.69, 9.17) is 0 Å². The number of piperidine rings is 1. The number of amides is 1. The van der Waals surface area contributed by atoms with Crippen molar-refractivity contribution in [2.24, 2.45) is 5.92 Å². The van der Waals surface area contributed by atoms with Crippen LogP contribution >= 0.6 is 0 Å². The monoisotopic (exact) mass is 443 g/mol. The molecule has 1 aromatic heterocycles. The fourth-order valence-corrected chi connectivity index (χ4v) is 4.34. The molecular formula is C27H33N5O. The smallest absolute Gasteiger partial charge is 0.224 e. The average Bonchev–Trinajstić information content (AvgIpc) is 2.87. The zero-order chi connectivity index (χ0) is 23.0. The minimum absolute atomic E-state index is 0.0103. The molecule has 4 rings (SSSR count). The summed E-state index contributed by atoms with van der Waals surface area (Å²) in [5, 5.41) is 12.0. The van der Waals surface area contributed by atoms with Crippen molar-refractivity contribution in [3.63, 3.8) is 0 Å². The number of carbonyl (C=O) groups excluding carboxylic acids is 1. The van der Waals surface area contributed by atoms with Gasteiger partial charge in [0.15, 0.2) is 5.82 Å². The fourth-order valence-electron chi connectivity index (χ4n) is 4.34. The maximum Gasteiger partial charge on any atom is 0.224 e. The third-order valence-corrected chi connectivity index (χ3v) is 6.25. The predicted molar refractivity (Wildman–Crippen MR) is 134 cm³/mol. The van der Waals surface area contributed by atoms with Crippen LogP contribution < -0.4 is 15.1 Å². The molecule has 1 aliphatic heterocycles. The molecule has 1 atom stereocenters. The Bertz CT molecular complexity index is 1040. The molecule has 1 amide bonds. The Hall–Kier alpha value is -3.41. The predicted octanol–water partition coefficient (Wildman–Crippen LogP) is 4.31. The summed E-state index contributed by atoms with van der Waals surface area (Å²) in [5.41, 5.74) is 4.34. The SMILES string of the molecule is Cc1cccc(-c2ccc(N3CCC[C@H](C(=O)NCCCN(C)c4ccccc4)C3)nn2)c1. The Morgan fingerprint density at radius 1 is 1.09 bits per heavy atom. The summed E-state index contributed by atoms with van der Waals surface area (Å²) in [6.07, 6.45) is 2.82. The van der Waals surface area contributed by atoms with Gasteiger partial charge in [-0.2, -0.15) is 0 Å². The van der Waals surface area contributed by atoms with E-state index in [2.05, 4.69) is 69.6 Å². The minimum Gasteiger partial charge on any atom is -0.375 e. The third kappa shape index (κ3) is 6.09. The molecule has 1 aliphatic rings. The minimum atomic E-state index is -0.0103. The first kappa shape index (κ1) is 22.8. The Kier molecular flexibility index (Phi) is 7.55. The molecule has 1 N–H and O–H groups in total. The summed E-state index contributed by atoms with van der Waals surface area (Å²) < 4.78 is 0. The van der Waals surface area contributed by atoms with E-state index in [-0.39, 0.29) is 11.8 Å². The number of anilines is 2. The first-order chi connectivity index (χ1) is 16.1. The van der Waals surface area contributed by atoms with Crippen LogP contribution in [0.25, 0.3) is 11.3 Å². The molecule has 2 heterocycles. The highest BCUT2D eigenvalue weighted by atomic mass is 16.1. The molecule has 0 bridgehead atoms. The second-order valence-electron chi connectivity index (χ2n) is 8.83. The maximum atomic E-state index is 12.8. The van der Waals surface area contributed by atoms with Crippen molar-refractivity contribution in [3.8, 4) is 11.3 Å². The number of hydrogen-bond donors (Lipinski definition) is 1. The molecule has 1 fully saturated rings. The second kappa shape index (κ2) is 10.9. The molecule has 0 spiro atoms. The van der Waals surface area contributed by atoms with Gasteiger partial charge >= 0.3 is 0 Å². The van der Waals surface area contributed by atoms with E-state index in [0.29, 0.717) is 13.1 Å². The second-order valence-corrected chi connectivity index (χ2v) is 8.83. The van der Waals surface area contributed by atoms with Crippen molar-refractivity contribution >= 4 is 17.4 Å². The number of aryl methyl sites for hydroxylation is 1. The van der Waals surface area contributed by atoms with Gasteiger partial charge in [-0.1, -0.05) is 42.0 Å². The van der Waals surface area contributed by atoms with Crippen LogP contribution in [0.5, 0.6) is 0 Å². The number of aromatic nitrogens is 2. The van der Waals surface area contributed by atoms with Gasteiger partial charge in [-0.15, -0.1) is 10.2 Å². The Labute approximate surface area is 196 Å². The van der Waals surface area contributed by atoms with E-state index < -0.39 is 0 Å². The van der Waals surface area contributed by atoms with Crippen LogP contribution in [0, 0.1) is 12.8 Å². The van der Waals surface area contributed by atoms with Crippen LogP contribution in [-0.4, -0.2) is 49.3 Å². The largest absolute Gasteiger partial charge is 0.375 e. The van der Waals surface area contributed by atoms with E-state index in [0.717, 1.165) is 49.4 Å². The summed E-state index contributed by atoms with van der Waals surface area (Å²) in [5.74, 6) is 0.976. The van der Waals surface area contributed by atoms with Crippen molar-refractivity contribution in [1.29, 1.82) is 0 Å². The Morgan fingerprint density at radius 3 is 2.70 bits per heavy atom. The first-order valence-electron chi connectivity index (χ1n) is 11.8. The quantitative estimate of drug-likeness (QED) is 0.526. The van der Waals surface area contributed by atoms with E-state index in [1.807, 2.05) is 36.4 Å². The van der Waals surface area contributed by atoms with Gasteiger partial charge < -0.3 is 15.1 Å². The van der Waals surface area contributed by atoms with Crippen LogP contribution in [0.3, 0.4) is 0 Å². The first-order valence-corrected chi connectivity index (χ1v) is 11.8. The van der Waals surface area contributed by atoms with Crippen LogP contribution in [0.15, 0.2) is 66.7 Å². The van der Waals surface area contributed by atoms with Crippen LogP contribution in [0.2, 0.25) is 0 Å². The topological polar surface area (TPSA) is 61.4 Å². The van der Waals surface area contributed by atoms with Crippen LogP contribution in [0.4, 0.5) is 11.5 Å². The van der Waals surface area contributed by atoms with Gasteiger partial charge in [-0.25, -0.2) is 0 Å². The Morgan fingerprint density at radius 2 is 1.94 bits per heavy atom. The van der Waals surface area contributed by atoms with Gasteiger partial charge in [-0.3, -0.25) is 4.79 Å². The number of hydrogen-bond acceptors (Lipinski definition) is 5. The number of benzene rings is 2. The molecule has 0 aliphatic carbocycles. The molecule has 0 saturated carbocycles. The van der Waals surface area contributed by atoms with Gasteiger partial charge in [0.25, 0.3) is 0 Å². The lowest BCUT2D eigenvalue weighted by Gasteiger charge is -2.32. The number of para-hydroxylation sites is 1. The summed E-state index contributed by atoms with van der Waals surface area (Å²) >= 11 is 0. The summed E-state index contributed by atoms with van der Waals surface area (Å²) in [7, 11) is 2.08. The van der Waals surface area contributed by atoms with E-state index in [9.17, 15) is 4.79 Å². The molecule has 6 nitrogen and oxygen atoms in total. The lowest BCUT2D eigenvalue weighted by Crippen LogP contribution is -2.44. The molecule has 0 unspecified atom stereocenters. The van der Waals surface area contributed by atoms with Gasteiger partial charge in [0.2, 0.25) is 5.91 Å². The van der Waals surface area contributed by atoms with Crippen LogP contribution in [-0.2, 0) is 4.79 Å². The molecule has 0 radical (unpaired) electrons. The van der Waals surface area contributed by atoms with E-state index in [1.165, 1.54) is 11.3 Å². The highest BCUT2D eigenvalue weighted by Gasteiger charge is 2.26. The fraction of sp³-hybridized carbons (Fsp3) is 0.370. The van der Waals surface area contributed by atoms with E-state index >= 15 is 0 Å². The molecule has 2 aromatic carbocycles. The van der Waals surface area contributed by atoms with Gasteiger partial charge in [0, 0.05) is 44.5 Å². The van der Waals surface area contributed by atoms with Gasteiger partial charge in [-0.05, 0) is 56.5 Å². The van der Waals surface area contributed by atoms with E-state index in [1.54, 1.807) is 0 Å².